The zero-order chi connectivity index (χ0) is 14.6. The van der Waals surface area contributed by atoms with Gasteiger partial charge in [0.25, 0.3) is 0 Å². The lowest BCUT2D eigenvalue weighted by Gasteiger charge is -2.20. The highest BCUT2D eigenvalue weighted by Gasteiger charge is 2.13. The summed E-state index contributed by atoms with van der Waals surface area (Å²) in [4.78, 5) is 20.3. The summed E-state index contributed by atoms with van der Waals surface area (Å²) < 4.78 is 0. The largest absolute Gasteiger partial charge is 0.354 e. The summed E-state index contributed by atoms with van der Waals surface area (Å²) >= 11 is 0. The highest BCUT2D eigenvalue weighted by Crippen LogP contribution is 2.11. The van der Waals surface area contributed by atoms with Gasteiger partial charge in [0.15, 0.2) is 0 Å². The summed E-state index contributed by atoms with van der Waals surface area (Å²) in [5, 5.41) is 6.99. The number of hydrogen-bond donors (Lipinski definition) is 2. The Morgan fingerprint density at radius 2 is 2.00 bits per heavy atom. The van der Waals surface area contributed by atoms with E-state index in [4.69, 9.17) is 0 Å². The fourth-order valence-electron chi connectivity index (χ4n) is 1.83. The van der Waals surface area contributed by atoms with E-state index in [1.165, 1.54) is 0 Å². The van der Waals surface area contributed by atoms with E-state index in [-0.39, 0.29) is 11.4 Å². The molecule has 0 atom stereocenters. The second-order valence-corrected chi connectivity index (χ2v) is 5.73. The number of amides is 1. The van der Waals surface area contributed by atoms with Gasteiger partial charge in [0.05, 0.1) is 5.52 Å². The normalized spacial score (nSPS) is 11.3. The number of nitrogens with zero attached hydrogens (tertiary/aromatic N) is 2. The molecule has 0 fully saturated rings. The molecule has 0 aliphatic carbocycles. The molecule has 0 bridgehead atoms. The molecule has 5 heteroatoms. The minimum absolute atomic E-state index is 0.0192. The third-order valence-corrected chi connectivity index (χ3v) is 2.64. The molecule has 1 heterocycles. The van der Waals surface area contributed by atoms with E-state index >= 15 is 0 Å². The molecule has 2 aromatic rings. The first-order chi connectivity index (χ1) is 9.44. The molecular weight excluding hydrogens is 252 g/mol. The molecule has 5 nitrogen and oxygen atoms in total. The van der Waals surface area contributed by atoms with Crippen molar-refractivity contribution in [3.05, 3.63) is 30.5 Å². The molecule has 0 saturated heterocycles. The van der Waals surface area contributed by atoms with Gasteiger partial charge in [-0.05, 0) is 26.8 Å². The third-order valence-electron chi connectivity index (χ3n) is 2.64. The highest BCUT2D eigenvalue weighted by atomic mass is 16.1. The van der Waals surface area contributed by atoms with Crippen molar-refractivity contribution >= 4 is 22.8 Å². The summed E-state index contributed by atoms with van der Waals surface area (Å²) in [6, 6.07) is 7.80. The lowest BCUT2D eigenvalue weighted by atomic mass is 10.1. The number of nitrogens with one attached hydrogen (secondary N) is 2. The maximum atomic E-state index is 11.7. The van der Waals surface area contributed by atoms with E-state index in [0.717, 1.165) is 10.9 Å². The molecule has 1 amide bonds. The van der Waals surface area contributed by atoms with Gasteiger partial charge in [-0.3, -0.25) is 4.79 Å². The van der Waals surface area contributed by atoms with Gasteiger partial charge in [-0.15, -0.1) is 0 Å². The van der Waals surface area contributed by atoms with Gasteiger partial charge < -0.3 is 10.6 Å². The van der Waals surface area contributed by atoms with Crippen LogP contribution in [-0.2, 0) is 4.79 Å². The van der Waals surface area contributed by atoms with Crippen LogP contribution in [-0.4, -0.2) is 28.0 Å². The average Bonchev–Trinajstić information content (AvgIpc) is 2.36. The van der Waals surface area contributed by atoms with E-state index in [0.29, 0.717) is 18.9 Å². The molecule has 0 aliphatic rings. The number of carbonyl (C=O) groups is 1. The maximum absolute atomic E-state index is 11.7. The topological polar surface area (TPSA) is 66.9 Å². The molecular formula is C15H20N4O. The number of hydrogen-bond acceptors (Lipinski definition) is 4. The van der Waals surface area contributed by atoms with Crippen LogP contribution in [0.2, 0.25) is 0 Å². The standard InChI is InChI=1S/C15H20N4O/c1-15(2,3)19-13(20)8-9-16-14-17-10-11-6-4-5-7-12(11)18-14/h4-7,10H,8-9H2,1-3H3,(H,19,20)(H,16,17,18). The fourth-order valence-corrected chi connectivity index (χ4v) is 1.83. The Labute approximate surface area is 118 Å². The van der Waals surface area contributed by atoms with Crippen molar-refractivity contribution in [1.82, 2.24) is 15.3 Å². The molecule has 0 spiro atoms. The number of fused-ring (bicyclic) bond motifs is 1. The summed E-state index contributed by atoms with van der Waals surface area (Å²) in [5.74, 6) is 0.568. The molecule has 0 unspecified atom stereocenters. The Hall–Kier alpha value is -2.17. The van der Waals surface area contributed by atoms with Crippen molar-refractivity contribution in [2.75, 3.05) is 11.9 Å². The first kappa shape index (κ1) is 14.2. The van der Waals surface area contributed by atoms with Gasteiger partial charge in [-0.25, -0.2) is 9.97 Å². The van der Waals surface area contributed by atoms with Crippen molar-refractivity contribution in [3.63, 3.8) is 0 Å². The second-order valence-electron chi connectivity index (χ2n) is 5.73. The zero-order valence-electron chi connectivity index (χ0n) is 12.1. The summed E-state index contributed by atoms with van der Waals surface area (Å²) in [5.41, 5.74) is 0.695. The number of anilines is 1. The van der Waals surface area contributed by atoms with Crippen LogP contribution < -0.4 is 10.6 Å². The number of aromatic nitrogens is 2. The summed E-state index contributed by atoms with van der Waals surface area (Å²) in [7, 11) is 0. The smallest absolute Gasteiger partial charge is 0.223 e. The van der Waals surface area contributed by atoms with Crippen LogP contribution in [0.4, 0.5) is 5.95 Å². The monoisotopic (exact) mass is 272 g/mol. The predicted molar refractivity (Wildman–Crippen MR) is 80.5 cm³/mol. The molecule has 106 valence electrons. The Balaban J connectivity index is 1.88. The quantitative estimate of drug-likeness (QED) is 0.896. The molecule has 0 saturated carbocycles. The third kappa shape index (κ3) is 4.19. The van der Waals surface area contributed by atoms with Gasteiger partial charge in [0, 0.05) is 30.1 Å². The summed E-state index contributed by atoms with van der Waals surface area (Å²) in [6.07, 6.45) is 2.17. The number of carbonyl (C=O) groups excluding carboxylic acids is 1. The molecule has 2 N–H and O–H groups in total. The molecule has 0 radical (unpaired) electrons. The Morgan fingerprint density at radius 3 is 2.75 bits per heavy atom. The number of benzene rings is 1. The van der Waals surface area contributed by atoms with E-state index < -0.39 is 0 Å². The molecule has 0 aliphatic heterocycles. The van der Waals surface area contributed by atoms with E-state index in [1.807, 2.05) is 45.0 Å². The van der Waals surface area contributed by atoms with Crippen LogP contribution in [0.5, 0.6) is 0 Å². The van der Waals surface area contributed by atoms with Crippen molar-refractivity contribution in [2.24, 2.45) is 0 Å². The van der Waals surface area contributed by atoms with Crippen molar-refractivity contribution in [2.45, 2.75) is 32.7 Å². The Kier molecular flexibility index (Phi) is 4.17. The maximum Gasteiger partial charge on any atom is 0.223 e. The van der Waals surface area contributed by atoms with Gasteiger partial charge in [0.2, 0.25) is 11.9 Å². The van der Waals surface area contributed by atoms with E-state index in [2.05, 4.69) is 20.6 Å². The van der Waals surface area contributed by atoms with Crippen molar-refractivity contribution < 1.29 is 4.79 Å². The lowest BCUT2D eigenvalue weighted by molar-refractivity contribution is -0.122. The van der Waals surface area contributed by atoms with Gasteiger partial charge in [-0.2, -0.15) is 0 Å². The predicted octanol–water partition coefficient (Wildman–Crippen LogP) is 2.35. The van der Waals surface area contributed by atoms with Crippen LogP contribution >= 0.6 is 0 Å². The minimum atomic E-state index is -0.198. The lowest BCUT2D eigenvalue weighted by Crippen LogP contribution is -2.41. The van der Waals surface area contributed by atoms with Crippen LogP contribution in [0.3, 0.4) is 0 Å². The Morgan fingerprint density at radius 1 is 1.25 bits per heavy atom. The number of rotatable bonds is 4. The molecule has 1 aromatic heterocycles. The number of para-hydroxylation sites is 1. The van der Waals surface area contributed by atoms with Crippen LogP contribution in [0, 0.1) is 0 Å². The van der Waals surface area contributed by atoms with E-state index in [1.54, 1.807) is 6.20 Å². The fraction of sp³-hybridized carbons (Fsp3) is 0.400. The highest BCUT2D eigenvalue weighted by molar-refractivity contribution is 5.79. The van der Waals surface area contributed by atoms with Gasteiger partial charge >= 0.3 is 0 Å². The molecule has 1 aromatic carbocycles. The van der Waals surface area contributed by atoms with Crippen molar-refractivity contribution in [3.8, 4) is 0 Å². The first-order valence-corrected chi connectivity index (χ1v) is 6.71. The Bertz CT molecular complexity index is 604. The molecule has 20 heavy (non-hydrogen) atoms. The van der Waals surface area contributed by atoms with Crippen LogP contribution in [0.25, 0.3) is 10.9 Å². The zero-order valence-corrected chi connectivity index (χ0v) is 12.1. The van der Waals surface area contributed by atoms with E-state index in [9.17, 15) is 4.79 Å². The average molecular weight is 272 g/mol. The van der Waals surface area contributed by atoms with Crippen molar-refractivity contribution in [1.29, 1.82) is 0 Å². The molecule has 2 rings (SSSR count). The van der Waals surface area contributed by atoms with Crippen LogP contribution in [0.15, 0.2) is 30.5 Å². The van der Waals surface area contributed by atoms with Crippen LogP contribution in [0.1, 0.15) is 27.2 Å². The van der Waals surface area contributed by atoms with Gasteiger partial charge in [0.1, 0.15) is 0 Å². The first-order valence-electron chi connectivity index (χ1n) is 6.71. The summed E-state index contributed by atoms with van der Waals surface area (Å²) in [6.45, 7) is 6.40. The SMILES string of the molecule is CC(C)(C)NC(=O)CCNc1ncc2ccccc2n1. The second kappa shape index (κ2) is 5.86. The minimum Gasteiger partial charge on any atom is -0.354 e. The van der Waals surface area contributed by atoms with Gasteiger partial charge in [-0.1, -0.05) is 18.2 Å².